The number of hydrogen-bond donors (Lipinski definition) is 2. The van der Waals surface area contributed by atoms with Crippen LogP contribution in [0.25, 0.3) is 0 Å². The van der Waals surface area contributed by atoms with Crippen LogP contribution >= 0.6 is 15.9 Å². The number of carbonyl (C=O) groups excluding carboxylic acids is 1. The summed E-state index contributed by atoms with van der Waals surface area (Å²) < 4.78 is 11.6. The van der Waals surface area contributed by atoms with E-state index in [0.29, 0.717) is 39.3 Å². The Balaban J connectivity index is 1.88. The number of methoxy groups -OCH3 is 1. The maximum atomic E-state index is 13.1. The van der Waals surface area contributed by atoms with Crippen LogP contribution in [0.2, 0.25) is 0 Å². The average Bonchev–Trinajstić information content (AvgIpc) is 2.80. The minimum Gasteiger partial charge on any atom is -0.492 e. The fourth-order valence-electron chi connectivity index (χ4n) is 3.16. The molecular formula is C24H23BrN2O4. The summed E-state index contributed by atoms with van der Waals surface area (Å²) in [6, 6.07) is 21.1. The molecule has 31 heavy (non-hydrogen) atoms. The van der Waals surface area contributed by atoms with Crippen LogP contribution in [0.1, 0.15) is 23.6 Å². The summed E-state index contributed by atoms with van der Waals surface area (Å²) in [7, 11) is 1.56. The number of carbonyl (C=O) groups is 1. The van der Waals surface area contributed by atoms with E-state index < -0.39 is 11.5 Å². The van der Waals surface area contributed by atoms with Gasteiger partial charge in [0.1, 0.15) is 0 Å². The summed E-state index contributed by atoms with van der Waals surface area (Å²) in [5.74, 6) is 0.460. The van der Waals surface area contributed by atoms with Gasteiger partial charge in [-0.2, -0.15) is 5.10 Å². The van der Waals surface area contributed by atoms with E-state index in [1.807, 2.05) is 19.1 Å². The molecule has 3 aromatic carbocycles. The molecule has 0 bridgehead atoms. The molecule has 7 heteroatoms. The average molecular weight is 483 g/mol. The molecule has 3 rings (SSSR count). The highest BCUT2D eigenvalue weighted by Gasteiger charge is 2.39. The molecule has 1 amide bonds. The highest BCUT2D eigenvalue weighted by atomic mass is 79.9. The number of nitrogens with zero attached hydrogens (tertiary/aromatic N) is 1. The molecule has 160 valence electrons. The maximum Gasteiger partial charge on any atom is 0.281 e. The van der Waals surface area contributed by atoms with E-state index in [1.54, 1.807) is 67.8 Å². The first-order chi connectivity index (χ1) is 15.0. The molecule has 0 atom stereocenters. The number of nitrogens with one attached hydrogen (secondary N) is 1. The van der Waals surface area contributed by atoms with Crippen LogP contribution in [0, 0.1) is 0 Å². The number of ether oxygens (including phenoxy) is 2. The van der Waals surface area contributed by atoms with Gasteiger partial charge in [0.05, 0.1) is 24.4 Å². The lowest BCUT2D eigenvalue weighted by Gasteiger charge is -2.27. The van der Waals surface area contributed by atoms with Crippen molar-refractivity contribution >= 4 is 28.1 Å². The molecule has 6 nitrogen and oxygen atoms in total. The Morgan fingerprint density at radius 1 is 1.10 bits per heavy atom. The van der Waals surface area contributed by atoms with Gasteiger partial charge in [0.25, 0.3) is 5.91 Å². The van der Waals surface area contributed by atoms with E-state index in [-0.39, 0.29) is 0 Å². The second-order valence-electron chi connectivity index (χ2n) is 6.61. The molecule has 0 aromatic heterocycles. The van der Waals surface area contributed by atoms with Crippen LogP contribution in [0.15, 0.2) is 82.4 Å². The lowest BCUT2D eigenvalue weighted by atomic mass is 9.85. The second-order valence-corrected chi connectivity index (χ2v) is 7.46. The summed E-state index contributed by atoms with van der Waals surface area (Å²) >= 11 is 3.45. The molecule has 0 aliphatic carbocycles. The molecule has 2 N–H and O–H groups in total. The molecular weight excluding hydrogens is 460 g/mol. The Kier molecular flexibility index (Phi) is 7.44. The van der Waals surface area contributed by atoms with Gasteiger partial charge in [-0.1, -0.05) is 60.7 Å². The van der Waals surface area contributed by atoms with Gasteiger partial charge < -0.3 is 14.6 Å². The van der Waals surface area contributed by atoms with Crippen LogP contribution in [-0.4, -0.2) is 30.9 Å². The van der Waals surface area contributed by atoms with Gasteiger partial charge >= 0.3 is 0 Å². The van der Waals surface area contributed by atoms with Crippen LogP contribution in [0.5, 0.6) is 11.5 Å². The van der Waals surface area contributed by atoms with E-state index in [0.717, 1.165) is 0 Å². The Hall–Kier alpha value is -3.16. The van der Waals surface area contributed by atoms with Crippen molar-refractivity contribution in [3.63, 3.8) is 0 Å². The smallest absolute Gasteiger partial charge is 0.281 e. The van der Waals surface area contributed by atoms with Gasteiger partial charge in [0, 0.05) is 0 Å². The van der Waals surface area contributed by atoms with Gasteiger partial charge in [-0.25, -0.2) is 5.43 Å². The summed E-state index contributed by atoms with van der Waals surface area (Å²) in [5.41, 5.74) is 2.14. The number of hydrazone groups is 1. The molecule has 0 saturated carbocycles. The summed E-state index contributed by atoms with van der Waals surface area (Å²) in [6.45, 7) is 2.35. The van der Waals surface area contributed by atoms with Crippen LogP contribution < -0.4 is 14.9 Å². The zero-order valence-corrected chi connectivity index (χ0v) is 18.8. The van der Waals surface area contributed by atoms with Crippen LogP contribution in [0.4, 0.5) is 0 Å². The zero-order chi connectivity index (χ0) is 22.3. The molecule has 0 aliphatic heterocycles. The number of aliphatic hydroxyl groups is 1. The van der Waals surface area contributed by atoms with Crippen molar-refractivity contribution in [2.45, 2.75) is 12.5 Å². The highest BCUT2D eigenvalue weighted by Crippen LogP contribution is 2.36. The van der Waals surface area contributed by atoms with Crippen molar-refractivity contribution < 1.29 is 19.4 Å². The molecule has 0 radical (unpaired) electrons. The van der Waals surface area contributed by atoms with Crippen LogP contribution in [0.3, 0.4) is 0 Å². The number of amides is 1. The van der Waals surface area contributed by atoms with Crippen molar-refractivity contribution in [2.75, 3.05) is 13.7 Å². The minimum atomic E-state index is -1.89. The lowest BCUT2D eigenvalue weighted by Crippen LogP contribution is -2.43. The van der Waals surface area contributed by atoms with E-state index in [9.17, 15) is 9.90 Å². The van der Waals surface area contributed by atoms with E-state index in [2.05, 4.69) is 26.5 Å². The monoisotopic (exact) mass is 482 g/mol. The predicted octanol–water partition coefficient (Wildman–Crippen LogP) is 4.24. The van der Waals surface area contributed by atoms with Crippen molar-refractivity contribution in [1.29, 1.82) is 0 Å². The fraction of sp³-hybridized carbons (Fsp3) is 0.167. The van der Waals surface area contributed by atoms with Gasteiger partial charge in [0.15, 0.2) is 17.1 Å². The Labute approximate surface area is 189 Å². The normalized spacial score (nSPS) is 11.4. The predicted molar refractivity (Wildman–Crippen MR) is 123 cm³/mol. The molecule has 0 saturated heterocycles. The zero-order valence-electron chi connectivity index (χ0n) is 17.2. The third kappa shape index (κ3) is 4.95. The number of halogens is 1. The van der Waals surface area contributed by atoms with Crippen LogP contribution in [-0.2, 0) is 10.4 Å². The van der Waals surface area contributed by atoms with Crippen molar-refractivity contribution in [2.24, 2.45) is 5.10 Å². The minimum absolute atomic E-state index is 0.444. The Morgan fingerprint density at radius 2 is 1.68 bits per heavy atom. The van der Waals surface area contributed by atoms with Gasteiger partial charge in [0.2, 0.25) is 0 Å². The number of benzene rings is 3. The maximum absolute atomic E-state index is 13.1. The highest BCUT2D eigenvalue weighted by molar-refractivity contribution is 9.10. The van der Waals surface area contributed by atoms with Gasteiger partial charge in [-0.15, -0.1) is 0 Å². The van der Waals surface area contributed by atoms with E-state index >= 15 is 0 Å². The third-order valence-corrected chi connectivity index (χ3v) is 5.22. The molecule has 0 aliphatic rings. The number of rotatable bonds is 8. The number of hydrogen-bond acceptors (Lipinski definition) is 5. The third-order valence-electron chi connectivity index (χ3n) is 4.63. The fourth-order valence-corrected chi connectivity index (χ4v) is 3.78. The SMILES string of the molecule is CCOc1cc(/C=N\NC(=O)C(O)(c2ccccc2)c2ccccc2)cc(Br)c1OC. The summed E-state index contributed by atoms with van der Waals surface area (Å²) in [5, 5.41) is 15.5. The quantitative estimate of drug-likeness (QED) is 0.371. The molecule has 3 aromatic rings. The standard InChI is InChI=1S/C24H23BrN2O4/c1-3-31-21-15-17(14-20(25)22(21)30-2)16-26-27-23(28)24(29,18-10-6-4-7-11-18)19-12-8-5-9-13-19/h4-16,29H,3H2,1-2H3,(H,27,28)/b26-16-. The first-order valence-electron chi connectivity index (χ1n) is 9.68. The van der Waals surface area contributed by atoms with Crippen molar-refractivity contribution in [3.05, 3.63) is 94.0 Å². The van der Waals surface area contributed by atoms with E-state index in [1.165, 1.54) is 6.21 Å². The van der Waals surface area contributed by atoms with Crippen molar-refractivity contribution in [3.8, 4) is 11.5 Å². The first-order valence-corrected chi connectivity index (χ1v) is 10.5. The molecule has 0 unspecified atom stereocenters. The molecule has 0 fully saturated rings. The largest absolute Gasteiger partial charge is 0.492 e. The topological polar surface area (TPSA) is 80.2 Å². The van der Waals surface area contributed by atoms with Gasteiger partial charge in [-0.05, 0) is 51.7 Å². The Morgan fingerprint density at radius 3 is 2.19 bits per heavy atom. The van der Waals surface area contributed by atoms with Gasteiger partial charge in [-0.3, -0.25) is 4.79 Å². The first kappa shape index (κ1) is 22.5. The summed E-state index contributed by atoms with van der Waals surface area (Å²) in [6.07, 6.45) is 1.47. The van der Waals surface area contributed by atoms with Crippen molar-refractivity contribution in [1.82, 2.24) is 5.43 Å². The van der Waals surface area contributed by atoms with E-state index in [4.69, 9.17) is 9.47 Å². The Bertz CT molecular complexity index is 1020. The second kappa shape index (κ2) is 10.2. The molecule has 0 spiro atoms. The summed E-state index contributed by atoms with van der Waals surface area (Å²) in [4.78, 5) is 13.1. The molecule has 0 heterocycles. The lowest BCUT2D eigenvalue weighted by molar-refractivity contribution is -0.136.